The zero-order valence-corrected chi connectivity index (χ0v) is 16.7. The molecule has 0 N–H and O–H groups in total. The van der Waals surface area contributed by atoms with Crippen LogP contribution in [-0.4, -0.2) is 57.6 Å². The molecule has 11 heteroatoms. The molecule has 2 aromatic rings. The normalized spacial score (nSPS) is 16.4. The Bertz CT molecular complexity index is 871. The number of carbonyl (C=O) groups is 2. The van der Waals surface area contributed by atoms with Gasteiger partial charge in [0.25, 0.3) is 5.91 Å². The number of furan rings is 1. The second-order valence-electron chi connectivity index (χ2n) is 6.46. The SMILES string of the molecule is Cc1c(Br)c(C(F)(F)F)nn1[C@H](C)C(=O)N1CCN(C(=O)c2ccco2)CC1. The minimum absolute atomic E-state index is 0.173. The van der Waals surface area contributed by atoms with Crippen molar-refractivity contribution < 1.29 is 27.2 Å². The maximum absolute atomic E-state index is 13.1. The van der Waals surface area contributed by atoms with E-state index in [-0.39, 0.29) is 40.8 Å². The summed E-state index contributed by atoms with van der Waals surface area (Å²) in [6, 6.07) is 2.28. The Hall–Kier alpha value is -2.30. The van der Waals surface area contributed by atoms with Crippen molar-refractivity contribution in [3.8, 4) is 0 Å². The maximum atomic E-state index is 13.1. The fraction of sp³-hybridized carbons (Fsp3) is 0.471. The summed E-state index contributed by atoms with van der Waals surface area (Å²) in [4.78, 5) is 28.1. The van der Waals surface area contributed by atoms with E-state index in [1.165, 1.54) is 25.0 Å². The first-order valence-electron chi connectivity index (χ1n) is 8.54. The minimum Gasteiger partial charge on any atom is -0.459 e. The van der Waals surface area contributed by atoms with Crippen molar-refractivity contribution in [1.82, 2.24) is 19.6 Å². The molecule has 1 aliphatic rings. The van der Waals surface area contributed by atoms with Gasteiger partial charge in [0.15, 0.2) is 11.5 Å². The van der Waals surface area contributed by atoms with E-state index in [2.05, 4.69) is 21.0 Å². The monoisotopic (exact) mass is 462 g/mol. The first-order chi connectivity index (χ1) is 13.1. The van der Waals surface area contributed by atoms with Crippen LogP contribution in [0.25, 0.3) is 0 Å². The van der Waals surface area contributed by atoms with Crippen molar-refractivity contribution in [3.05, 3.63) is 40.0 Å². The van der Waals surface area contributed by atoms with Crippen molar-refractivity contribution in [3.63, 3.8) is 0 Å². The van der Waals surface area contributed by atoms with Crippen LogP contribution in [0, 0.1) is 6.92 Å². The fourth-order valence-electron chi connectivity index (χ4n) is 3.11. The molecule has 2 aromatic heterocycles. The third-order valence-corrected chi connectivity index (χ3v) is 5.63. The van der Waals surface area contributed by atoms with Crippen molar-refractivity contribution in [2.24, 2.45) is 0 Å². The predicted molar refractivity (Wildman–Crippen MR) is 95.6 cm³/mol. The molecule has 1 aliphatic heterocycles. The van der Waals surface area contributed by atoms with Gasteiger partial charge in [-0.3, -0.25) is 14.3 Å². The lowest BCUT2D eigenvalue weighted by molar-refractivity contribution is -0.143. The molecule has 0 aliphatic carbocycles. The lowest BCUT2D eigenvalue weighted by Gasteiger charge is -2.35. The number of halogens is 4. The molecule has 0 saturated carbocycles. The second kappa shape index (κ2) is 7.61. The van der Waals surface area contributed by atoms with Gasteiger partial charge in [-0.05, 0) is 41.9 Å². The Morgan fingerprint density at radius 3 is 2.32 bits per heavy atom. The second-order valence-corrected chi connectivity index (χ2v) is 7.25. The molecule has 3 rings (SSSR count). The number of amides is 2. The fourth-order valence-corrected chi connectivity index (χ4v) is 3.60. The Kier molecular flexibility index (Phi) is 5.55. The molecule has 152 valence electrons. The average Bonchev–Trinajstić information content (AvgIpc) is 3.29. The largest absolute Gasteiger partial charge is 0.459 e. The number of hydrogen-bond donors (Lipinski definition) is 0. The molecule has 2 amide bonds. The smallest absolute Gasteiger partial charge is 0.436 e. The number of piperazine rings is 1. The van der Waals surface area contributed by atoms with Crippen LogP contribution in [0.3, 0.4) is 0 Å². The summed E-state index contributed by atoms with van der Waals surface area (Å²) in [7, 11) is 0. The highest BCUT2D eigenvalue weighted by molar-refractivity contribution is 9.10. The number of carbonyl (C=O) groups excluding carboxylic acids is 2. The summed E-state index contributed by atoms with van der Waals surface area (Å²) >= 11 is 2.91. The molecule has 28 heavy (non-hydrogen) atoms. The highest BCUT2D eigenvalue weighted by Gasteiger charge is 2.39. The van der Waals surface area contributed by atoms with Crippen LogP contribution in [0.4, 0.5) is 13.2 Å². The summed E-state index contributed by atoms with van der Waals surface area (Å²) < 4.78 is 45.2. The summed E-state index contributed by atoms with van der Waals surface area (Å²) in [5, 5.41) is 3.59. The van der Waals surface area contributed by atoms with Gasteiger partial charge in [-0.1, -0.05) is 0 Å². The van der Waals surface area contributed by atoms with Gasteiger partial charge in [0.1, 0.15) is 6.04 Å². The van der Waals surface area contributed by atoms with E-state index >= 15 is 0 Å². The van der Waals surface area contributed by atoms with Crippen LogP contribution in [0.1, 0.15) is 34.9 Å². The third-order valence-electron chi connectivity index (χ3n) is 4.68. The molecule has 0 radical (unpaired) electrons. The molecular weight excluding hydrogens is 445 g/mol. The van der Waals surface area contributed by atoms with Gasteiger partial charge in [-0.2, -0.15) is 18.3 Å². The number of aromatic nitrogens is 2. The van der Waals surface area contributed by atoms with Crippen LogP contribution in [0.5, 0.6) is 0 Å². The first-order valence-corrected chi connectivity index (χ1v) is 9.34. The van der Waals surface area contributed by atoms with E-state index in [4.69, 9.17) is 4.42 Å². The molecule has 7 nitrogen and oxygen atoms in total. The predicted octanol–water partition coefficient (Wildman–Crippen LogP) is 3.11. The van der Waals surface area contributed by atoms with Crippen LogP contribution in [0.2, 0.25) is 0 Å². The lowest BCUT2D eigenvalue weighted by atomic mass is 10.2. The van der Waals surface area contributed by atoms with Crippen LogP contribution >= 0.6 is 15.9 Å². The Labute approximate surface area is 167 Å². The van der Waals surface area contributed by atoms with Crippen molar-refractivity contribution in [1.29, 1.82) is 0 Å². The Morgan fingerprint density at radius 1 is 1.21 bits per heavy atom. The van der Waals surface area contributed by atoms with Gasteiger partial charge >= 0.3 is 6.18 Å². The third kappa shape index (κ3) is 3.80. The number of alkyl halides is 3. The molecule has 0 spiro atoms. The van der Waals surface area contributed by atoms with E-state index in [0.29, 0.717) is 13.1 Å². The van der Waals surface area contributed by atoms with Crippen LogP contribution in [-0.2, 0) is 11.0 Å². The quantitative estimate of drug-likeness (QED) is 0.702. The molecule has 3 heterocycles. The Balaban J connectivity index is 1.68. The Morgan fingerprint density at radius 2 is 1.82 bits per heavy atom. The molecule has 1 fully saturated rings. The maximum Gasteiger partial charge on any atom is 0.436 e. The minimum atomic E-state index is -4.62. The zero-order chi connectivity index (χ0) is 20.6. The number of nitrogens with zero attached hydrogens (tertiary/aromatic N) is 4. The van der Waals surface area contributed by atoms with E-state index in [0.717, 1.165) is 4.68 Å². The standard InChI is InChI=1S/C17H18BrF3N4O3/c1-10-13(18)14(17(19,20)21)22-25(10)11(2)15(26)23-5-7-24(8-6-23)16(27)12-4-3-9-28-12/h3-4,9,11H,5-8H2,1-2H3/t11-/m1/s1. The van der Waals surface area contributed by atoms with Crippen LogP contribution in [0.15, 0.2) is 27.3 Å². The zero-order valence-electron chi connectivity index (χ0n) is 15.2. The van der Waals surface area contributed by atoms with Crippen molar-refractivity contribution >= 4 is 27.7 Å². The molecule has 1 saturated heterocycles. The van der Waals surface area contributed by atoms with Gasteiger partial charge in [0.05, 0.1) is 16.4 Å². The van der Waals surface area contributed by atoms with Crippen molar-refractivity contribution in [2.45, 2.75) is 26.1 Å². The molecule has 0 bridgehead atoms. The highest BCUT2D eigenvalue weighted by Crippen LogP contribution is 2.36. The van der Waals surface area contributed by atoms with Gasteiger partial charge in [0.2, 0.25) is 5.91 Å². The van der Waals surface area contributed by atoms with E-state index < -0.39 is 17.9 Å². The van der Waals surface area contributed by atoms with Gasteiger partial charge in [-0.15, -0.1) is 0 Å². The molecular formula is C17H18BrF3N4O3. The molecule has 0 unspecified atom stereocenters. The summed E-state index contributed by atoms with van der Waals surface area (Å²) in [5.41, 5.74) is -0.835. The summed E-state index contributed by atoms with van der Waals surface area (Å²) in [6.45, 7) is 4.17. The topological polar surface area (TPSA) is 71.6 Å². The number of hydrogen-bond acceptors (Lipinski definition) is 4. The molecule has 1 atom stereocenters. The lowest BCUT2D eigenvalue weighted by Crippen LogP contribution is -2.52. The van der Waals surface area contributed by atoms with Gasteiger partial charge in [0, 0.05) is 26.2 Å². The molecule has 0 aromatic carbocycles. The van der Waals surface area contributed by atoms with Gasteiger partial charge < -0.3 is 14.2 Å². The highest BCUT2D eigenvalue weighted by atomic mass is 79.9. The van der Waals surface area contributed by atoms with E-state index in [9.17, 15) is 22.8 Å². The van der Waals surface area contributed by atoms with E-state index in [1.54, 1.807) is 17.0 Å². The van der Waals surface area contributed by atoms with Crippen molar-refractivity contribution in [2.75, 3.05) is 26.2 Å². The van der Waals surface area contributed by atoms with Crippen LogP contribution < -0.4 is 0 Å². The first kappa shape index (κ1) is 20.4. The summed E-state index contributed by atoms with van der Waals surface area (Å²) in [5.74, 6) is -0.381. The van der Waals surface area contributed by atoms with Gasteiger partial charge in [-0.25, -0.2) is 0 Å². The van der Waals surface area contributed by atoms with E-state index in [1.807, 2.05) is 0 Å². The number of rotatable bonds is 3. The average molecular weight is 463 g/mol. The summed E-state index contributed by atoms with van der Waals surface area (Å²) in [6.07, 6.45) is -3.20.